The lowest BCUT2D eigenvalue weighted by molar-refractivity contribution is -0.118. The Hall–Kier alpha value is -2.72. The second kappa shape index (κ2) is 10.0. The first-order chi connectivity index (χ1) is 15.8. The lowest BCUT2D eigenvalue weighted by atomic mass is 9.80. The molecule has 1 unspecified atom stereocenters. The summed E-state index contributed by atoms with van der Waals surface area (Å²) in [6, 6.07) is 4.63. The molecule has 33 heavy (non-hydrogen) atoms. The summed E-state index contributed by atoms with van der Waals surface area (Å²) in [4.78, 5) is 33.3. The van der Waals surface area contributed by atoms with Crippen molar-refractivity contribution in [1.82, 2.24) is 9.97 Å². The van der Waals surface area contributed by atoms with Gasteiger partial charge < -0.3 is 14.7 Å². The second-order valence-corrected chi connectivity index (χ2v) is 11.4. The van der Waals surface area contributed by atoms with Gasteiger partial charge in [0.05, 0.1) is 17.1 Å². The summed E-state index contributed by atoms with van der Waals surface area (Å²) in [5.74, 6) is -1.20. The molecule has 1 aliphatic rings. The molecule has 176 valence electrons. The molecule has 1 fully saturated rings. The molecule has 3 heterocycles. The maximum Gasteiger partial charge on any atom is 0.253 e. The average Bonchev–Trinajstić information content (AvgIpc) is 3.47. The molecule has 1 aliphatic carbocycles. The van der Waals surface area contributed by atoms with Gasteiger partial charge in [-0.05, 0) is 37.5 Å². The number of carbonyl (C=O) groups excluding carboxylic acids is 1. The summed E-state index contributed by atoms with van der Waals surface area (Å²) in [6.45, 7) is 1.63. The lowest BCUT2D eigenvalue weighted by Crippen LogP contribution is -2.31. The Morgan fingerprint density at radius 1 is 1.33 bits per heavy atom. The Balaban J connectivity index is 1.77. The first-order valence-corrected chi connectivity index (χ1v) is 13.6. The van der Waals surface area contributed by atoms with Crippen molar-refractivity contribution < 1.29 is 17.6 Å². The van der Waals surface area contributed by atoms with Gasteiger partial charge >= 0.3 is 0 Å². The fourth-order valence-electron chi connectivity index (χ4n) is 4.51. The summed E-state index contributed by atoms with van der Waals surface area (Å²) >= 11 is 1.27. The molecule has 0 bridgehead atoms. The number of anilines is 1. The number of furan rings is 1. The van der Waals surface area contributed by atoms with Crippen LogP contribution in [0.2, 0.25) is 0 Å². The zero-order valence-corrected chi connectivity index (χ0v) is 20.0. The minimum absolute atomic E-state index is 0.00761. The van der Waals surface area contributed by atoms with Gasteiger partial charge in [-0.25, -0.2) is 13.4 Å². The normalized spacial score (nSPS) is 15.9. The maximum absolute atomic E-state index is 13.4. The second-order valence-electron chi connectivity index (χ2n) is 8.52. The molecule has 10 heteroatoms. The Kier molecular flexibility index (Phi) is 7.14. The third-order valence-electron chi connectivity index (χ3n) is 6.04. The highest BCUT2D eigenvalue weighted by atomic mass is 32.2. The van der Waals surface area contributed by atoms with Crippen LogP contribution < -0.4 is 10.9 Å². The van der Waals surface area contributed by atoms with Gasteiger partial charge in [0, 0.05) is 22.8 Å². The van der Waals surface area contributed by atoms with E-state index in [0.717, 1.165) is 32.1 Å². The Morgan fingerprint density at radius 3 is 2.79 bits per heavy atom. The summed E-state index contributed by atoms with van der Waals surface area (Å²) in [5.41, 5.74) is -0.145. The third kappa shape index (κ3) is 5.62. The van der Waals surface area contributed by atoms with Gasteiger partial charge in [0.2, 0.25) is 5.91 Å². The maximum atomic E-state index is 13.4. The molecule has 8 nitrogen and oxygen atoms in total. The van der Waals surface area contributed by atoms with Crippen LogP contribution in [-0.2, 0) is 20.4 Å². The average molecular weight is 490 g/mol. The molecule has 3 aromatic heterocycles. The van der Waals surface area contributed by atoms with Crippen LogP contribution in [-0.4, -0.2) is 24.3 Å². The van der Waals surface area contributed by atoms with E-state index in [1.807, 2.05) is 0 Å². The van der Waals surface area contributed by atoms with Crippen molar-refractivity contribution in [3.8, 4) is 0 Å². The number of aromatic nitrogens is 2. The van der Waals surface area contributed by atoms with Crippen LogP contribution in [0.5, 0.6) is 0 Å². The fourth-order valence-corrected chi connectivity index (χ4v) is 6.66. The lowest BCUT2D eigenvalue weighted by Gasteiger charge is -2.26. The number of aromatic amines is 1. The summed E-state index contributed by atoms with van der Waals surface area (Å²) in [6.07, 6.45) is 8.60. The van der Waals surface area contributed by atoms with Gasteiger partial charge in [-0.15, -0.1) is 11.3 Å². The van der Waals surface area contributed by atoms with Crippen molar-refractivity contribution in [2.45, 2.75) is 62.0 Å². The molecule has 0 aromatic carbocycles. The number of carbonyl (C=O) groups is 1. The van der Waals surface area contributed by atoms with E-state index in [1.165, 1.54) is 23.7 Å². The van der Waals surface area contributed by atoms with Crippen molar-refractivity contribution >= 4 is 32.2 Å². The largest absolute Gasteiger partial charge is 0.468 e. The molecule has 0 radical (unpaired) electrons. The molecule has 3 aromatic rings. The highest BCUT2D eigenvalue weighted by Crippen LogP contribution is 2.35. The van der Waals surface area contributed by atoms with Crippen LogP contribution in [0.1, 0.15) is 61.5 Å². The first-order valence-electron chi connectivity index (χ1n) is 11.0. The van der Waals surface area contributed by atoms with E-state index in [0.29, 0.717) is 17.2 Å². The van der Waals surface area contributed by atoms with Crippen LogP contribution in [0.25, 0.3) is 0 Å². The van der Waals surface area contributed by atoms with Gasteiger partial charge in [0.15, 0.2) is 15.0 Å². The van der Waals surface area contributed by atoms with E-state index in [1.54, 1.807) is 30.6 Å². The summed E-state index contributed by atoms with van der Waals surface area (Å²) < 4.78 is 32.1. The van der Waals surface area contributed by atoms with Crippen LogP contribution in [0.15, 0.2) is 50.1 Å². The van der Waals surface area contributed by atoms with E-state index < -0.39 is 27.2 Å². The van der Waals surface area contributed by atoms with E-state index in [2.05, 4.69) is 15.3 Å². The van der Waals surface area contributed by atoms with E-state index >= 15 is 0 Å². The number of thiazole rings is 1. The smallest absolute Gasteiger partial charge is 0.253 e. The number of amides is 1. The highest BCUT2D eigenvalue weighted by Gasteiger charge is 2.34. The Bertz CT molecular complexity index is 1240. The predicted molar refractivity (Wildman–Crippen MR) is 126 cm³/mol. The highest BCUT2D eigenvalue weighted by molar-refractivity contribution is 7.90. The van der Waals surface area contributed by atoms with Crippen molar-refractivity contribution in [1.29, 1.82) is 0 Å². The number of nitrogens with zero attached hydrogens (tertiary/aromatic N) is 1. The van der Waals surface area contributed by atoms with Crippen LogP contribution in [0.3, 0.4) is 0 Å². The summed E-state index contributed by atoms with van der Waals surface area (Å²) in [7, 11) is -3.95. The number of hydrogen-bond donors (Lipinski definition) is 2. The molecule has 2 N–H and O–H groups in total. The van der Waals surface area contributed by atoms with Gasteiger partial charge in [0.25, 0.3) is 5.56 Å². The molecule has 0 aliphatic heterocycles. The molecule has 0 saturated heterocycles. The Labute approximate surface area is 196 Å². The van der Waals surface area contributed by atoms with Crippen molar-refractivity contribution in [2.75, 3.05) is 5.32 Å². The first kappa shape index (κ1) is 23.4. The number of aryl methyl sites for hydroxylation is 1. The van der Waals surface area contributed by atoms with Gasteiger partial charge in [0.1, 0.15) is 11.5 Å². The predicted octanol–water partition coefficient (Wildman–Crippen LogP) is 4.40. The number of nitrogens with one attached hydrogen (secondary N) is 2. The van der Waals surface area contributed by atoms with E-state index in [4.69, 9.17) is 4.42 Å². The minimum Gasteiger partial charge on any atom is -0.468 e. The topological polar surface area (TPSA) is 122 Å². The fraction of sp³-hybridized carbons (Fsp3) is 0.435. The molecule has 1 atom stereocenters. The standard InChI is InChI=1S/C23H27N3O5S2/c1-15-12-19(33(29,30)14-17-8-5-10-31-17)20(22(28)25-15)18(13-16-6-3-2-4-7-16)21(27)26-23-24-9-11-32-23/h5,8-12,16,18H,2-4,6-7,13-14H2,1H3,(H,25,28)(H,24,26,27). The monoisotopic (exact) mass is 489 g/mol. The van der Waals surface area contributed by atoms with E-state index in [-0.39, 0.29) is 27.9 Å². The molecular weight excluding hydrogens is 462 g/mol. The SMILES string of the molecule is Cc1cc(S(=O)(=O)Cc2ccco2)c(C(CC2CCCCC2)C(=O)Nc2nccs2)c(=O)[nH]1. The van der Waals surface area contributed by atoms with Crippen LogP contribution >= 0.6 is 11.3 Å². The number of rotatable bonds is 8. The number of hydrogen-bond acceptors (Lipinski definition) is 7. The van der Waals surface area contributed by atoms with Gasteiger partial charge in [-0.2, -0.15) is 0 Å². The van der Waals surface area contributed by atoms with Crippen LogP contribution in [0.4, 0.5) is 5.13 Å². The summed E-state index contributed by atoms with van der Waals surface area (Å²) in [5, 5.41) is 4.93. The van der Waals surface area contributed by atoms with E-state index in [9.17, 15) is 18.0 Å². The molecule has 0 spiro atoms. The van der Waals surface area contributed by atoms with Crippen molar-refractivity contribution in [2.24, 2.45) is 5.92 Å². The van der Waals surface area contributed by atoms with Gasteiger partial charge in [-0.3, -0.25) is 9.59 Å². The number of sulfone groups is 1. The third-order valence-corrected chi connectivity index (χ3v) is 8.40. The molecule has 1 saturated carbocycles. The zero-order valence-electron chi connectivity index (χ0n) is 18.4. The van der Waals surface area contributed by atoms with Gasteiger partial charge in [-0.1, -0.05) is 32.1 Å². The van der Waals surface area contributed by atoms with Crippen molar-refractivity contribution in [3.05, 3.63) is 63.4 Å². The quantitative estimate of drug-likeness (QED) is 0.484. The Morgan fingerprint density at radius 2 is 2.12 bits per heavy atom. The number of H-pyrrole nitrogens is 1. The van der Waals surface area contributed by atoms with Crippen LogP contribution in [0, 0.1) is 12.8 Å². The molecule has 1 amide bonds. The number of pyridine rings is 1. The minimum atomic E-state index is -3.95. The zero-order chi connectivity index (χ0) is 23.4. The molecule has 4 rings (SSSR count). The molecular formula is C23H27N3O5S2. The van der Waals surface area contributed by atoms with Crippen molar-refractivity contribution in [3.63, 3.8) is 0 Å².